The molecule has 1 atom stereocenters. The van der Waals surface area contributed by atoms with Gasteiger partial charge in [0.05, 0.1) is 5.69 Å². The minimum Gasteiger partial charge on any atom is -0.364 e. The Morgan fingerprint density at radius 3 is 1.35 bits per heavy atom. The van der Waals surface area contributed by atoms with Crippen LogP contribution in [0.25, 0.3) is 0 Å². The topological polar surface area (TPSA) is 84.4 Å². The van der Waals surface area contributed by atoms with Crippen LogP contribution in [0.5, 0.6) is 0 Å². The number of carbonyl (C=O) groups excluding carboxylic acids is 3. The van der Waals surface area contributed by atoms with E-state index in [-0.39, 0.29) is 18.0 Å². The molecular weight excluding hydrogens is 966 g/mol. The lowest BCUT2D eigenvalue weighted by molar-refractivity contribution is -0.121. The summed E-state index contributed by atoms with van der Waals surface area (Å²) < 4.78 is 1.15. The molecular formula is C52H47BrCl4N4O4. The zero-order valence-electron chi connectivity index (χ0n) is 35.9. The summed E-state index contributed by atoms with van der Waals surface area (Å²) in [6.45, 7) is 4.07. The van der Waals surface area contributed by atoms with Crippen LogP contribution in [0.2, 0.25) is 20.1 Å². The molecule has 13 heteroatoms. The van der Waals surface area contributed by atoms with Crippen LogP contribution in [-0.4, -0.2) is 34.2 Å². The van der Waals surface area contributed by atoms with Crippen molar-refractivity contribution in [2.24, 2.45) is 0 Å². The molecule has 0 aromatic heterocycles. The summed E-state index contributed by atoms with van der Waals surface area (Å²) in [5, 5.41) is 15.0. The van der Waals surface area contributed by atoms with Crippen molar-refractivity contribution in [2.75, 3.05) is 19.6 Å². The molecule has 6 aromatic carbocycles. The maximum absolute atomic E-state index is 14.1. The number of hydrogen-bond donors (Lipinski definition) is 1. The fraction of sp³-hybridized carbons (Fsp3) is 0.250. The number of anilines is 4. The average Bonchev–Trinajstić information content (AvgIpc) is 4.06. The Bertz CT molecular complexity index is 2670. The minimum absolute atomic E-state index is 0.160. The van der Waals surface area contributed by atoms with Crippen LogP contribution in [0.15, 0.2) is 150 Å². The van der Waals surface area contributed by atoms with Crippen molar-refractivity contribution in [1.29, 1.82) is 0 Å². The lowest BCUT2D eigenvalue weighted by Crippen LogP contribution is -2.58. The Hall–Kier alpha value is -4.87. The molecule has 2 aliphatic heterocycles. The quantitative estimate of drug-likeness (QED) is 0.174. The number of benzene rings is 6. The molecule has 4 aliphatic rings. The monoisotopic (exact) mass is 1010 g/mol. The lowest BCUT2D eigenvalue weighted by atomic mass is 9.78. The molecule has 8 nitrogen and oxygen atoms in total. The first-order valence-corrected chi connectivity index (χ1v) is 23.9. The van der Waals surface area contributed by atoms with Gasteiger partial charge < -0.3 is 5.11 Å². The fourth-order valence-electron chi connectivity index (χ4n) is 9.85. The largest absolute Gasteiger partial charge is 0.364 e. The summed E-state index contributed by atoms with van der Waals surface area (Å²) in [5.74, 6) is -0.160. The van der Waals surface area contributed by atoms with E-state index in [1.165, 1.54) is 15.4 Å². The molecule has 4 fully saturated rings. The third kappa shape index (κ3) is 8.80. The number of halogens is 5. The van der Waals surface area contributed by atoms with Gasteiger partial charge in [-0.3, -0.25) is 19.5 Å². The molecule has 0 bridgehead atoms. The molecule has 1 N–H and O–H groups in total. The highest BCUT2D eigenvalue weighted by atomic mass is 79.9. The molecule has 6 aromatic rings. The second kappa shape index (κ2) is 19.2. The van der Waals surface area contributed by atoms with Crippen LogP contribution < -0.4 is 19.6 Å². The van der Waals surface area contributed by atoms with Gasteiger partial charge in [0, 0.05) is 47.2 Å². The van der Waals surface area contributed by atoms with Crippen molar-refractivity contribution in [3.8, 4) is 0 Å². The van der Waals surface area contributed by atoms with E-state index in [0.717, 1.165) is 41.4 Å². The van der Waals surface area contributed by atoms with Crippen LogP contribution in [0.1, 0.15) is 68.1 Å². The Kier molecular flexibility index (Phi) is 13.7. The van der Waals surface area contributed by atoms with Crippen LogP contribution in [0, 0.1) is 13.8 Å². The van der Waals surface area contributed by atoms with Gasteiger partial charge in [-0.1, -0.05) is 136 Å². The van der Waals surface area contributed by atoms with Crippen molar-refractivity contribution in [3.63, 3.8) is 0 Å². The molecule has 65 heavy (non-hydrogen) atoms. The maximum Gasteiger partial charge on any atom is 0.336 e. The van der Waals surface area contributed by atoms with Gasteiger partial charge in [0.15, 0.2) is 5.72 Å². The molecule has 2 saturated heterocycles. The summed E-state index contributed by atoms with van der Waals surface area (Å²) in [6, 6.07) is 43.6. The number of hydrogen-bond acceptors (Lipinski definition) is 4. The van der Waals surface area contributed by atoms with Gasteiger partial charge in [0.25, 0.3) is 5.91 Å². The Labute approximate surface area is 408 Å². The van der Waals surface area contributed by atoms with E-state index >= 15 is 0 Å². The Morgan fingerprint density at radius 2 is 0.908 bits per heavy atom. The zero-order chi connectivity index (χ0) is 46.1. The summed E-state index contributed by atoms with van der Waals surface area (Å²) in [7, 11) is 0. The van der Waals surface area contributed by atoms with Crippen molar-refractivity contribution in [1.82, 2.24) is 0 Å². The van der Waals surface area contributed by atoms with Crippen LogP contribution >= 0.6 is 62.3 Å². The van der Waals surface area contributed by atoms with E-state index in [1.54, 1.807) is 94.7 Å². The smallest absolute Gasteiger partial charge is 0.336 e. The first-order chi connectivity index (χ1) is 31.2. The van der Waals surface area contributed by atoms with Crippen molar-refractivity contribution >= 4 is 103 Å². The van der Waals surface area contributed by atoms with E-state index in [1.807, 2.05) is 55.5 Å². The molecule has 10 rings (SSSR count). The minimum atomic E-state index is -1.56. The number of rotatable bonds is 5. The molecule has 334 valence electrons. The number of amides is 5. The van der Waals surface area contributed by atoms with Gasteiger partial charge in [0.1, 0.15) is 11.1 Å². The summed E-state index contributed by atoms with van der Waals surface area (Å²) in [5.41, 5.74) is 2.42. The Morgan fingerprint density at radius 1 is 0.492 bits per heavy atom. The van der Waals surface area contributed by atoms with Gasteiger partial charge in [-0.2, -0.15) is 0 Å². The van der Waals surface area contributed by atoms with Gasteiger partial charge >= 0.3 is 12.1 Å². The van der Waals surface area contributed by atoms with E-state index in [9.17, 15) is 19.5 Å². The number of aryl methyl sites for hydroxylation is 2. The highest BCUT2D eigenvalue weighted by molar-refractivity contribution is 9.10. The van der Waals surface area contributed by atoms with E-state index in [2.05, 4.69) is 35.0 Å². The SMILES string of the molecule is Cc1cccc(Br)c1.Cc1cccc(C2(O)N(c3ccc(Cl)cc3)C(=O)N(c3ccc(Cl)cc3)C23CCCC3)c1.O=C1N(c2ccc(Cl)cc2)C(=O)C2(CCCC2)N1c1ccc(Cl)cc1. The number of carbonyl (C=O) groups is 3. The standard InChI is InChI=1S/C26H24Cl2N2O2.C19H16Cl2N2O2.C7H7Br/c1-18-5-4-6-19(17-18)26(32)25(15-2-3-16-25)29(22-11-7-20(27)8-12-22)24(31)30(26)23-13-9-21(28)10-14-23;20-13-3-7-15(8-4-13)22-17(24)19(11-1-2-12-19)23(18(22)25)16-9-5-14(21)6-10-16;1-6-3-2-4-7(8)5-6/h4-14,17,32H,2-3,15-16H2,1H3;3-10H,1-2,11-12H2;2-5H,1H3. The number of urea groups is 2. The van der Waals surface area contributed by atoms with Crippen molar-refractivity contribution in [3.05, 3.63) is 187 Å². The van der Waals surface area contributed by atoms with Gasteiger partial charge in [0.2, 0.25) is 0 Å². The van der Waals surface area contributed by atoms with E-state index in [0.29, 0.717) is 68.4 Å². The molecule has 2 heterocycles. The second-order valence-corrected chi connectivity index (χ2v) is 19.6. The summed E-state index contributed by atoms with van der Waals surface area (Å²) in [6.07, 6.45) is 6.44. The van der Waals surface area contributed by atoms with Crippen LogP contribution in [0.4, 0.5) is 32.3 Å². The number of nitrogens with zero attached hydrogens (tertiary/aromatic N) is 4. The van der Waals surface area contributed by atoms with Gasteiger partial charge in [-0.05, 0) is 149 Å². The van der Waals surface area contributed by atoms with Gasteiger partial charge in [-0.15, -0.1) is 0 Å². The van der Waals surface area contributed by atoms with Crippen LogP contribution in [0.3, 0.4) is 0 Å². The first-order valence-electron chi connectivity index (χ1n) is 21.6. The first kappa shape index (κ1) is 46.7. The number of imide groups is 1. The highest BCUT2D eigenvalue weighted by Gasteiger charge is 2.69. The van der Waals surface area contributed by atoms with E-state index in [4.69, 9.17) is 46.4 Å². The molecule has 2 spiro atoms. The predicted molar refractivity (Wildman–Crippen MR) is 268 cm³/mol. The van der Waals surface area contributed by atoms with Gasteiger partial charge in [-0.25, -0.2) is 14.5 Å². The normalized spacial score (nSPS) is 19.5. The summed E-state index contributed by atoms with van der Waals surface area (Å²) in [4.78, 5) is 46.9. The maximum atomic E-state index is 14.1. The zero-order valence-corrected chi connectivity index (χ0v) is 40.5. The highest BCUT2D eigenvalue weighted by Crippen LogP contribution is 2.57. The molecule has 0 radical (unpaired) electrons. The fourth-order valence-corrected chi connectivity index (χ4v) is 10.9. The van der Waals surface area contributed by atoms with Crippen LogP contribution in [-0.2, 0) is 10.5 Å². The number of aliphatic hydroxyl groups is 1. The predicted octanol–water partition coefficient (Wildman–Crippen LogP) is 14.9. The second-order valence-electron chi connectivity index (χ2n) is 16.9. The molecule has 2 aliphatic carbocycles. The average molecular weight is 1010 g/mol. The molecule has 5 amide bonds. The van der Waals surface area contributed by atoms with Crippen molar-refractivity contribution in [2.45, 2.75) is 82.0 Å². The summed E-state index contributed by atoms with van der Waals surface area (Å²) >= 11 is 27.6. The third-order valence-electron chi connectivity index (χ3n) is 12.8. The Balaban J connectivity index is 0.000000155. The molecule has 1 unspecified atom stereocenters. The molecule has 2 saturated carbocycles. The third-order valence-corrected chi connectivity index (χ3v) is 14.3. The lowest BCUT2D eigenvalue weighted by Gasteiger charge is -2.45. The van der Waals surface area contributed by atoms with E-state index < -0.39 is 16.8 Å². The van der Waals surface area contributed by atoms with Crippen molar-refractivity contribution < 1.29 is 19.5 Å².